The molecule has 1 aliphatic heterocycles. The summed E-state index contributed by atoms with van der Waals surface area (Å²) in [6.45, 7) is 4.85. The molecule has 5 nitrogen and oxygen atoms in total. The Morgan fingerprint density at radius 1 is 1.20 bits per heavy atom. The van der Waals surface area contributed by atoms with E-state index in [0.717, 1.165) is 0 Å². The monoisotopic (exact) mass is 282 g/mol. The maximum absolute atomic E-state index is 12.2. The second-order valence-corrected chi connectivity index (χ2v) is 6.46. The van der Waals surface area contributed by atoms with Gasteiger partial charge in [0.2, 0.25) is 0 Å². The maximum Gasteiger partial charge on any atom is 0.317 e. The van der Waals surface area contributed by atoms with Crippen molar-refractivity contribution in [1.82, 2.24) is 10.2 Å². The SMILES string of the molecule is CC(NC(=O)N1C[C@@H](C)[C@H](C(=O)O)C1)C1CCCCC1. The van der Waals surface area contributed by atoms with E-state index in [-0.39, 0.29) is 18.0 Å². The van der Waals surface area contributed by atoms with Gasteiger partial charge < -0.3 is 15.3 Å². The molecule has 5 heteroatoms. The van der Waals surface area contributed by atoms with Gasteiger partial charge in [-0.2, -0.15) is 0 Å². The Morgan fingerprint density at radius 3 is 2.40 bits per heavy atom. The first-order chi connectivity index (χ1) is 9.49. The Morgan fingerprint density at radius 2 is 1.85 bits per heavy atom. The molecule has 1 unspecified atom stereocenters. The van der Waals surface area contributed by atoms with E-state index in [1.165, 1.54) is 32.1 Å². The van der Waals surface area contributed by atoms with Gasteiger partial charge in [0.1, 0.15) is 0 Å². The average molecular weight is 282 g/mol. The van der Waals surface area contributed by atoms with Crippen molar-refractivity contribution in [3.05, 3.63) is 0 Å². The first-order valence-corrected chi connectivity index (χ1v) is 7.77. The molecule has 0 aromatic rings. The molecule has 2 aliphatic rings. The lowest BCUT2D eigenvalue weighted by Crippen LogP contribution is -2.46. The Labute approximate surface area is 120 Å². The van der Waals surface area contributed by atoms with Crippen LogP contribution in [0.4, 0.5) is 4.79 Å². The zero-order valence-electron chi connectivity index (χ0n) is 12.5. The highest BCUT2D eigenvalue weighted by atomic mass is 16.4. The molecule has 2 fully saturated rings. The van der Waals surface area contributed by atoms with Crippen molar-refractivity contribution in [2.45, 2.75) is 52.0 Å². The van der Waals surface area contributed by atoms with Gasteiger partial charge in [0.25, 0.3) is 0 Å². The van der Waals surface area contributed by atoms with Crippen LogP contribution in [0.25, 0.3) is 0 Å². The third-order valence-electron chi connectivity index (χ3n) is 4.92. The number of hydrogen-bond donors (Lipinski definition) is 2. The van der Waals surface area contributed by atoms with Crippen LogP contribution < -0.4 is 5.32 Å². The van der Waals surface area contributed by atoms with Crippen LogP contribution in [0, 0.1) is 17.8 Å². The number of carboxylic acid groups (broad SMARTS) is 1. The number of amides is 2. The molecule has 0 aromatic heterocycles. The van der Waals surface area contributed by atoms with Crippen LogP contribution in [0.1, 0.15) is 46.0 Å². The zero-order chi connectivity index (χ0) is 14.7. The van der Waals surface area contributed by atoms with Gasteiger partial charge in [0.05, 0.1) is 5.92 Å². The predicted molar refractivity (Wildman–Crippen MR) is 76.4 cm³/mol. The van der Waals surface area contributed by atoms with Gasteiger partial charge >= 0.3 is 12.0 Å². The van der Waals surface area contributed by atoms with E-state index >= 15 is 0 Å². The van der Waals surface area contributed by atoms with Crippen LogP contribution in [0.3, 0.4) is 0 Å². The van der Waals surface area contributed by atoms with Crippen LogP contribution in [-0.2, 0) is 4.79 Å². The van der Waals surface area contributed by atoms with Crippen molar-refractivity contribution in [3.63, 3.8) is 0 Å². The van der Waals surface area contributed by atoms with E-state index in [9.17, 15) is 9.59 Å². The fourth-order valence-electron chi connectivity index (χ4n) is 3.49. The molecule has 2 amide bonds. The fourth-order valence-corrected chi connectivity index (χ4v) is 3.49. The predicted octanol–water partition coefficient (Wildman–Crippen LogP) is 2.32. The maximum atomic E-state index is 12.2. The number of carbonyl (C=O) groups excluding carboxylic acids is 1. The summed E-state index contributed by atoms with van der Waals surface area (Å²) in [5.74, 6) is -0.620. The highest BCUT2D eigenvalue weighted by Crippen LogP contribution is 2.27. The number of hydrogen-bond acceptors (Lipinski definition) is 2. The number of urea groups is 1. The number of rotatable bonds is 3. The summed E-state index contributed by atoms with van der Waals surface area (Å²) in [5, 5.41) is 12.2. The van der Waals surface area contributed by atoms with Crippen molar-refractivity contribution in [2.24, 2.45) is 17.8 Å². The molecule has 0 spiro atoms. The average Bonchev–Trinajstić information content (AvgIpc) is 2.82. The topological polar surface area (TPSA) is 69.6 Å². The molecule has 0 aromatic carbocycles. The molecule has 2 N–H and O–H groups in total. The smallest absolute Gasteiger partial charge is 0.317 e. The molecule has 20 heavy (non-hydrogen) atoms. The molecule has 3 atom stereocenters. The van der Waals surface area contributed by atoms with Gasteiger partial charge in [0.15, 0.2) is 0 Å². The van der Waals surface area contributed by atoms with E-state index in [2.05, 4.69) is 12.2 Å². The second kappa shape index (κ2) is 6.46. The minimum atomic E-state index is -0.798. The highest BCUT2D eigenvalue weighted by molar-refractivity contribution is 5.77. The van der Waals surface area contributed by atoms with Crippen LogP contribution in [0.2, 0.25) is 0 Å². The van der Waals surface area contributed by atoms with Crippen LogP contribution in [0.5, 0.6) is 0 Å². The summed E-state index contributed by atoms with van der Waals surface area (Å²) >= 11 is 0. The Kier molecular flexibility index (Phi) is 4.89. The molecule has 0 bridgehead atoms. The van der Waals surface area contributed by atoms with Gasteiger partial charge in [-0.05, 0) is 31.6 Å². The van der Waals surface area contributed by atoms with E-state index in [1.807, 2.05) is 6.92 Å². The number of nitrogens with one attached hydrogen (secondary N) is 1. The van der Waals surface area contributed by atoms with Crippen LogP contribution in [-0.4, -0.2) is 41.1 Å². The summed E-state index contributed by atoms with van der Waals surface area (Å²) < 4.78 is 0. The van der Waals surface area contributed by atoms with Gasteiger partial charge in [-0.25, -0.2) is 4.79 Å². The van der Waals surface area contributed by atoms with Crippen molar-refractivity contribution >= 4 is 12.0 Å². The summed E-state index contributed by atoms with van der Waals surface area (Å²) in [6.07, 6.45) is 6.20. The first-order valence-electron chi connectivity index (χ1n) is 7.77. The van der Waals surface area contributed by atoms with Crippen molar-refractivity contribution in [2.75, 3.05) is 13.1 Å². The number of nitrogens with zero attached hydrogens (tertiary/aromatic N) is 1. The molecule has 2 rings (SSSR count). The number of likely N-dealkylation sites (tertiary alicyclic amines) is 1. The van der Waals surface area contributed by atoms with Gasteiger partial charge in [-0.1, -0.05) is 26.2 Å². The Hall–Kier alpha value is -1.26. The highest BCUT2D eigenvalue weighted by Gasteiger charge is 2.37. The molecular formula is C15H26N2O3. The molecule has 1 saturated carbocycles. The minimum absolute atomic E-state index is 0.0308. The van der Waals surface area contributed by atoms with Crippen molar-refractivity contribution < 1.29 is 14.7 Å². The molecule has 0 radical (unpaired) electrons. The Bertz CT molecular complexity index is 366. The lowest BCUT2D eigenvalue weighted by Gasteiger charge is -2.29. The third-order valence-corrected chi connectivity index (χ3v) is 4.92. The number of carboxylic acids is 1. The lowest BCUT2D eigenvalue weighted by atomic mass is 9.84. The van der Waals surface area contributed by atoms with Crippen LogP contribution in [0.15, 0.2) is 0 Å². The lowest BCUT2D eigenvalue weighted by molar-refractivity contribution is -0.142. The van der Waals surface area contributed by atoms with E-state index in [1.54, 1.807) is 4.90 Å². The van der Waals surface area contributed by atoms with Gasteiger partial charge in [0, 0.05) is 19.1 Å². The largest absolute Gasteiger partial charge is 0.481 e. The van der Waals surface area contributed by atoms with Crippen LogP contribution >= 0.6 is 0 Å². The third kappa shape index (κ3) is 3.44. The summed E-state index contributed by atoms with van der Waals surface area (Å²) in [4.78, 5) is 25.0. The van der Waals surface area contributed by atoms with E-state index in [4.69, 9.17) is 5.11 Å². The first kappa shape index (κ1) is 15.1. The Balaban J connectivity index is 1.84. The molecular weight excluding hydrogens is 256 g/mol. The number of carbonyl (C=O) groups is 2. The zero-order valence-corrected chi connectivity index (χ0v) is 12.5. The quantitative estimate of drug-likeness (QED) is 0.834. The molecule has 114 valence electrons. The fraction of sp³-hybridized carbons (Fsp3) is 0.867. The minimum Gasteiger partial charge on any atom is -0.481 e. The molecule has 1 aliphatic carbocycles. The van der Waals surface area contributed by atoms with Crippen molar-refractivity contribution in [1.29, 1.82) is 0 Å². The van der Waals surface area contributed by atoms with Gasteiger partial charge in [-0.3, -0.25) is 4.79 Å². The van der Waals surface area contributed by atoms with E-state index < -0.39 is 11.9 Å². The number of aliphatic carboxylic acids is 1. The standard InChI is InChI=1S/C15H26N2O3/c1-10-8-17(9-13(10)14(18)19)15(20)16-11(2)12-6-4-3-5-7-12/h10-13H,3-9H2,1-2H3,(H,16,20)(H,18,19)/t10-,11?,13-/m1/s1. The second-order valence-electron chi connectivity index (χ2n) is 6.46. The van der Waals surface area contributed by atoms with Crippen molar-refractivity contribution in [3.8, 4) is 0 Å². The van der Waals surface area contributed by atoms with E-state index in [0.29, 0.717) is 19.0 Å². The summed E-state index contributed by atoms with van der Waals surface area (Å²) in [7, 11) is 0. The van der Waals surface area contributed by atoms with Gasteiger partial charge in [-0.15, -0.1) is 0 Å². The summed E-state index contributed by atoms with van der Waals surface area (Å²) in [5.41, 5.74) is 0. The summed E-state index contributed by atoms with van der Waals surface area (Å²) in [6, 6.07) is 0.0839. The molecule has 1 saturated heterocycles. The molecule has 1 heterocycles. The normalized spacial score (nSPS) is 29.2.